The minimum Gasteiger partial charge on any atom is -0.488 e. The summed E-state index contributed by atoms with van der Waals surface area (Å²) >= 11 is 0. The molecule has 196 valence electrons. The number of fused-ring (bicyclic) bond motifs is 2. The zero-order chi connectivity index (χ0) is 25.8. The number of rotatable bonds is 6. The van der Waals surface area contributed by atoms with Gasteiger partial charge in [-0.05, 0) is 66.8 Å². The minimum atomic E-state index is -0.0919. The maximum Gasteiger partial charge on any atom is 0.314 e. The molecule has 5 heterocycles. The van der Waals surface area contributed by atoms with Gasteiger partial charge in [0.25, 0.3) is 0 Å². The molecule has 0 saturated carbocycles. The zero-order valence-electron chi connectivity index (χ0n) is 22.0. The number of hydrogen-bond donors (Lipinski definition) is 0. The molecule has 4 aliphatic rings. The van der Waals surface area contributed by atoms with E-state index in [9.17, 15) is 4.79 Å². The molecule has 3 saturated heterocycles. The number of carbonyl (C=O) groups excluding carboxylic acids is 1. The second-order valence-electron chi connectivity index (χ2n) is 11.1. The molecule has 0 radical (unpaired) electrons. The van der Waals surface area contributed by atoms with E-state index in [1.54, 1.807) is 0 Å². The summed E-state index contributed by atoms with van der Waals surface area (Å²) < 4.78 is 17.1. The van der Waals surface area contributed by atoms with Crippen molar-refractivity contribution in [2.45, 2.75) is 45.6 Å². The highest BCUT2D eigenvalue weighted by atomic mass is 16.6. The lowest BCUT2D eigenvalue weighted by molar-refractivity contribution is -0.177. The summed E-state index contributed by atoms with van der Waals surface area (Å²) in [6, 6.07) is 17.5. The number of hydrogen-bond acceptors (Lipinski definition) is 7. The molecule has 7 rings (SSSR count). The molecular weight excluding hydrogens is 478 g/mol. The number of esters is 1. The normalized spacial score (nSPS) is 22.8. The molecule has 0 N–H and O–H groups in total. The third-order valence-corrected chi connectivity index (χ3v) is 8.49. The molecule has 4 aliphatic heterocycles. The molecular formula is C31H33N3O4. The van der Waals surface area contributed by atoms with Gasteiger partial charge in [-0.1, -0.05) is 29.8 Å². The van der Waals surface area contributed by atoms with Crippen LogP contribution in [0, 0.1) is 19.8 Å². The van der Waals surface area contributed by atoms with E-state index in [0.717, 1.165) is 61.1 Å². The lowest BCUT2D eigenvalue weighted by Crippen LogP contribution is -2.50. The number of aryl methyl sites for hydroxylation is 2. The van der Waals surface area contributed by atoms with Gasteiger partial charge in [-0.3, -0.25) is 9.69 Å². The molecule has 3 aromatic rings. The van der Waals surface area contributed by atoms with Gasteiger partial charge < -0.3 is 19.1 Å². The number of aromatic nitrogens is 1. The molecule has 0 spiro atoms. The Balaban J connectivity index is 1.10. The van der Waals surface area contributed by atoms with Crippen LogP contribution in [-0.2, 0) is 33.8 Å². The molecule has 1 aromatic heterocycles. The first-order valence-electron chi connectivity index (χ1n) is 13.6. The molecule has 2 aromatic carbocycles. The highest BCUT2D eigenvalue weighted by molar-refractivity contribution is 5.81. The van der Waals surface area contributed by atoms with Crippen LogP contribution in [0.4, 0.5) is 5.82 Å². The van der Waals surface area contributed by atoms with Crippen LogP contribution < -0.4 is 9.64 Å². The zero-order valence-corrected chi connectivity index (χ0v) is 22.0. The Morgan fingerprint density at radius 1 is 1.08 bits per heavy atom. The van der Waals surface area contributed by atoms with Crippen LogP contribution in [0.3, 0.4) is 0 Å². The van der Waals surface area contributed by atoms with Crippen molar-refractivity contribution < 1.29 is 19.0 Å². The van der Waals surface area contributed by atoms with Gasteiger partial charge in [0.05, 0.1) is 31.5 Å². The average molecular weight is 512 g/mol. The summed E-state index contributed by atoms with van der Waals surface area (Å²) in [5, 5.41) is 0. The fourth-order valence-electron chi connectivity index (χ4n) is 6.15. The van der Waals surface area contributed by atoms with E-state index >= 15 is 0 Å². The van der Waals surface area contributed by atoms with Crippen molar-refractivity contribution in [2.75, 3.05) is 37.7 Å². The van der Waals surface area contributed by atoms with Crippen molar-refractivity contribution in [2.24, 2.45) is 5.92 Å². The van der Waals surface area contributed by atoms with E-state index in [4.69, 9.17) is 19.2 Å². The minimum absolute atomic E-state index is 0.00110. The number of anilines is 1. The third kappa shape index (κ3) is 4.24. The topological polar surface area (TPSA) is 64.1 Å². The predicted octanol–water partition coefficient (Wildman–Crippen LogP) is 4.06. The SMILES string of the molecule is Cc1ccc(OCc2cc(C)c3c(c2)CCN(C2COC2)C3)c(-c2cccc(N3CC4C(=O)O[C@H]4C3)n2)c1. The van der Waals surface area contributed by atoms with Crippen molar-refractivity contribution in [1.82, 2.24) is 9.88 Å². The summed E-state index contributed by atoms with van der Waals surface area (Å²) in [6.45, 7) is 10.0. The van der Waals surface area contributed by atoms with Gasteiger partial charge in [0.15, 0.2) is 0 Å². The summed E-state index contributed by atoms with van der Waals surface area (Å²) in [5.41, 5.74) is 8.46. The molecule has 38 heavy (non-hydrogen) atoms. The van der Waals surface area contributed by atoms with Gasteiger partial charge in [0.2, 0.25) is 0 Å². The number of nitrogens with zero attached hydrogens (tertiary/aromatic N) is 3. The van der Waals surface area contributed by atoms with Crippen LogP contribution in [0.2, 0.25) is 0 Å². The quantitative estimate of drug-likeness (QED) is 0.463. The Hall–Kier alpha value is -3.42. The second kappa shape index (κ2) is 9.40. The summed E-state index contributed by atoms with van der Waals surface area (Å²) in [4.78, 5) is 21.4. The van der Waals surface area contributed by atoms with E-state index in [1.807, 2.05) is 24.3 Å². The van der Waals surface area contributed by atoms with Crippen molar-refractivity contribution in [3.8, 4) is 17.0 Å². The van der Waals surface area contributed by atoms with E-state index in [-0.39, 0.29) is 18.0 Å². The highest BCUT2D eigenvalue weighted by Crippen LogP contribution is 2.36. The van der Waals surface area contributed by atoms with Gasteiger partial charge in [-0.15, -0.1) is 0 Å². The Morgan fingerprint density at radius 3 is 2.76 bits per heavy atom. The van der Waals surface area contributed by atoms with Crippen molar-refractivity contribution in [3.63, 3.8) is 0 Å². The first-order valence-corrected chi connectivity index (χ1v) is 13.6. The van der Waals surface area contributed by atoms with E-state index < -0.39 is 0 Å². The standard InChI is InChI=1S/C31H33N3O4/c1-19-6-7-28(24(10-19)27-4-3-5-30(32-27)34-14-26-29(15-34)38-31(26)35)37-16-21-11-20(2)25-13-33(23-17-36-18-23)9-8-22(25)12-21/h3-7,10-12,23,26,29H,8-9,13-18H2,1-2H3/t26?,29-/m0/s1. The second-order valence-corrected chi connectivity index (χ2v) is 11.1. The molecule has 2 atom stereocenters. The number of ether oxygens (including phenoxy) is 3. The van der Waals surface area contributed by atoms with E-state index in [2.05, 4.69) is 47.9 Å². The van der Waals surface area contributed by atoms with Crippen LogP contribution in [0.25, 0.3) is 11.3 Å². The van der Waals surface area contributed by atoms with Crippen LogP contribution in [-0.4, -0.2) is 60.8 Å². The fourth-order valence-corrected chi connectivity index (χ4v) is 6.15. The molecule has 7 heteroatoms. The molecule has 7 nitrogen and oxygen atoms in total. The maximum absolute atomic E-state index is 11.7. The van der Waals surface area contributed by atoms with Crippen LogP contribution in [0.15, 0.2) is 48.5 Å². The van der Waals surface area contributed by atoms with Gasteiger partial charge in [0.1, 0.15) is 30.2 Å². The van der Waals surface area contributed by atoms with Crippen LogP contribution >= 0.6 is 0 Å². The monoisotopic (exact) mass is 511 g/mol. The Morgan fingerprint density at radius 2 is 1.97 bits per heavy atom. The molecule has 1 unspecified atom stereocenters. The first kappa shape index (κ1) is 23.7. The Kier molecular flexibility index (Phi) is 5.86. The van der Waals surface area contributed by atoms with E-state index in [1.165, 1.54) is 22.3 Å². The van der Waals surface area contributed by atoms with E-state index in [0.29, 0.717) is 25.7 Å². The first-order chi connectivity index (χ1) is 18.5. The predicted molar refractivity (Wildman–Crippen MR) is 144 cm³/mol. The molecule has 3 fully saturated rings. The third-order valence-electron chi connectivity index (χ3n) is 8.49. The molecule has 0 bridgehead atoms. The highest BCUT2D eigenvalue weighted by Gasteiger charge is 2.49. The maximum atomic E-state index is 11.7. The smallest absolute Gasteiger partial charge is 0.314 e. The van der Waals surface area contributed by atoms with Gasteiger partial charge in [0, 0.05) is 25.2 Å². The summed E-state index contributed by atoms with van der Waals surface area (Å²) in [7, 11) is 0. The molecule has 0 amide bonds. The van der Waals surface area contributed by atoms with Crippen molar-refractivity contribution in [3.05, 3.63) is 76.3 Å². The molecule has 0 aliphatic carbocycles. The fraction of sp³-hybridized carbons (Fsp3) is 0.419. The summed E-state index contributed by atoms with van der Waals surface area (Å²) in [5.74, 6) is 1.58. The lowest BCUT2D eigenvalue weighted by Gasteiger charge is -2.40. The number of pyridine rings is 1. The summed E-state index contributed by atoms with van der Waals surface area (Å²) in [6.07, 6.45) is 1.07. The number of benzene rings is 2. The van der Waals surface area contributed by atoms with Crippen molar-refractivity contribution >= 4 is 11.8 Å². The van der Waals surface area contributed by atoms with Crippen LogP contribution in [0.5, 0.6) is 5.75 Å². The number of carbonyl (C=O) groups is 1. The van der Waals surface area contributed by atoms with Crippen LogP contribution in [0.1, 0.15) is 27.8 Å². The van der Waals surface area contributed by atoms with Crippen molar-refractivity contribution in [1.29, 1.82) is 0 Å². The van der Waals surface area contributed by atoms with Gasteiger partial charge >= 0.3 is 5.97 Å². The Bertz CT molecular complexity index is 1400. The van der Waals surface area contributed by atoms with Gasteiger partial charge in [-0.2, -0.15) is 0 Å². The van der Waals surface area contributed by atoms with Gasteiger partial charge in [-0.25, -0.2) is 4.98 Å². The Labute approximate surface area is 223 Å². The largest absolute Gasteiger partial charge is 0.488 e. The average Bonchev–Trinajstić information content (AvgIpc) is 3.24. The lowest BCUT2D eigenvalue weighted by atomic mass is 9.92.